The quantitative estimate of drug-likeness (QED) is 0.692. The molecule has 1 aliphatic carbocycles. The van der Waals surface area contributed by atoms with E-state index in [1.165, 1.54) is 11.1 Å². The summed E-state index contributed by atoms with van der Waals surface area (Å²) in [5.74, 6) is 0. The van der Waals surface area contributed by atoms with Gasteiger partial charge in [0.15, 0.2) is 0 Å². The second-order valence-corrected chi connectivity index (χ2v) is 8.23. The van der Waals surface area contributed by atoms with E-state index in [1.54, 1.807) is 12.4 Å². The maximum Gasteiger partial charge on any atom is 0.240 e. The molecular formula is C19H21N3O2S. The second-order valence-electron chi connectivity index (χ2n) is 6.46. The Hall–Kier alpha value is -2.18. The standard InChI is InChI=1S/C19H21N3O2S/c23-25(24,17-10-9-15-5-3-6-16(15)13-17)21-11-4-12-22-14-20-18-7-1-2-8-19(18)22/h1-2,7-10,13-14,21H,3-6,11-12H2. The van der Waals surface area contributed by atoms with Gasteiger partial charge in [-0.3, -0.25) is 0 Å². The van der Waals surface area contributed by atoms with Gasteiger partial charge in [-0.2, -0.15) is 0 Å². The van der Waals surface area contributed by atoms with Gasteiger partial charge in [-0.25, -0.2) is 18.1 Å². The summed E-state index contributed by atoms with van der Waals surface area (Å²) in [5, 5.41) is 0. The summed E-state index contributed by atoms with van der Waals surface area (Å²) in [7, 11) is -3.44. The van der Waals surface area contributed by atoms with Gasteiger partial charge in [-0.1, -0.05) is 18.2 Å². The molecule has 0 saturated carbocycles. The summed E-state index contributed by atoms with van der Waals surface area (Å²) in [6.07, 6.45) is 5.67. The second kappa shape index (κ2) is 6.61. The van der Waals surface area contributed by atoms with Gasteiger partial charge < -0.3 is 4.57 Å². The van der Waals surface area contributed by atoms with Gasteiger partial charge in [0.1, 0.15) is 0 Å². The van der Waals surface area contributed by atoms with Crippen LogP contribution in [0.5, 0.6) is 0 Å². The maximum atomic E-state index is 12.5. The number of rotatable bonds is 6. The lowest BCUT2D eigenvalue weighted by molar-refractivity contribution is 0.571. The van der Waals surface area contributed by atoms with Gasteiger partial charge in [0.05, 0.1) is 22.3 Å². The van der Waals surface area contributed by atoms with Crippen molar-refractivity contribution in [2.24, 2.45) is 0 Å². The Labute approximate surface area is 147 Å². The number of aryl methyl sites for hydroxylation is 3. The van der Waals surface area contributed by atoms with E-state index in [0.717, 1.165) is 36.8 Å². The molecule has 0 amide bonds. The molecule has 0 atom stereocenters. The third kappa shape index (κ3) is 3.32. The number of nitrogens with zero attached hydrogens (tertiary/aromatic N) is 2. The van der Waals surface area contributed by atoms with Crippen LogP contribution in [0.4, 0.5) is 0 Å². The molecule has 0 fully saturated rings. The third-order valence-electron chi connectivity index (χ3n) is 4.78. The highest BCUT2D eigenvalue weighted by Gasteiger charge is 2.17. The fraction of sp³-hybridized carbons (Fsp3) is 0.316. The summed E-state index contributed by atoms with van der Waals surface area (Å²) in [6, 6.07) is 13.4. The molecule has 5 nitrogen and oxygen atoms in total. The van der Waals surface area contributed by atoms with Crippen molar-refractivity contribution < 1.29 is 8.42 Å². The molecule has 130 valence electrons. The van der Waals surface area contributed by atoms with Crippen LogP contribution in [0.25, 0.3) is 11.0 Å². The van der Waals surface area contributed by atoms with Gasteiger partial charge >= 0.3 is 0 Å². The zero-order chi connectivity index (χ0) is 17.3. The fourth-order valence-corrected chi connectivity index (χ4v) is 4.57. The predicted molar refractivity (Wildman–Crippen MR) is 98.0 cm³/mol. The van der Waals surface area contributed by atoms with Gasteiger partial charge in [0.2, 0.25) is 10.0 Å². The van der Waals surface area contributed by atoms with Crippen LogP contribution in [-0.4, -0.2) is 24.5 Å². The molecule has 0 radical (unpaired) electrons. The number of benzene rings is 2. The van der Waals surface area contributed by atoms with Crippen molar-refractivity contribution in [2.75, 3.05) is 6.54 Å². The number of hydrogen-bond acceptors (Lipinski definition) is 3. The molecule has 2 aromatic carbocycles. The molecule has 0 unspecified atom stereocenters. The Morgan fingerprint density at radius 1 is 1.08 bits per heavy atom. The van der Waals surface area contributed by atoms with Crippen LogP contribution in [-0.2, 0) is 29.4 Å². The first kappa shape index (κ1) is 16.3. The van der Waals surface area contributed by atoms with Gasteiger partial charge in [-0.15, -0.1) is 0 Å². The third-order valence-corrected chi connectivity index (χ3v) is 6.23. The van der Waals surface area contributed by atoms with E-state index < -0.39 is 10.0 Å². The minimum Gasteiger partial charge on any atom is -0.331 e. The largest absolute Gasteiger partial charge is 0.331 e. The van der Waals surface area contributed by atoms with Crippen molar-refractivity contribution in [2.45, 2.75) is 37.1 Å². The van der Waals surface area contributed by atoms with Crippen LogP contribution >= 0.6 is 0 Å². The highest BCUT2D eigenvalue weighted by Crippen LogP contribution is 2.24. The molecule has 4 rings (SSSR count). The fourth-order valence-electron chi connectivity index (χ4n) is 3.44. The van der Waals surface area contributed by atoms with Crippen molar-refractivity contribution in [3.63, 3.8) is 0 Å². The first-order valence-corrected chi connectivity index (χ1v) is 10.1. The lowest BCUT2D eigenvalue weighted by atomic mass is 10.1. The summed E-state index contributed by atoms with van der Waals surface area (Å²) in [5.41, 5.74) is 4.49. The predicted octanol–water partition coefficient (Wildman–Crippen LogP) is 2.89. The molecule has 1 N–H and O–H groups in total. The van der Waals surface area contributed by atoms with Gasteiger partial charge in [-0.05, 0) is 61.1 Å². The minimum atomic E-state index is -3.44. The van der Waals surface area contributed by atoms with E-state index in [0.29, 0.717) is 17.9 Å². The SMILES string of the molecule is O=S(=O)(NCCCn1cnc2ccccc21)c1ccc2c(c1)CCC2. The number of nitrogens with one attached hydrogen (secondary N) is 1. The first-order chi connectivity index (χ1) is 12.1. The molecule has 1 aromatic heterocycles. The van der Waals surface area contributed by atoms with Crippen LogP contribution in [0.3, 0.4) is 0 Å². The van der Waals surface area contributed by atoms with E-state index in [4.69, 9.17) is 0 Å². The molecule has 0 spiro atoms. The normalized spacial score (nSPS) is 14.1. The number of sulfonamides is 1. The topological polar surface area (TPSA) is 64.0 Å². The zero-order valence-corrected chi connectivity index (χ0v) is 14.8. The number of hydrogen-bond donors (Lipinski definition) is 1. The highest BCUT2D eigenvalue weighted by molar-refractivity contribution is 7.89. The van der Waals surface area contributed by atoms with Crippen molar-refractivity contribution in [3.05, 3.63) is 59.9 Å². The number of para-hydroxylation sites is 2. The van der Waals surface area contributed by atoms with Crippen LogP contribution < -0.4 is 4.72 Å². The van der Waals surface area contributed by atoms with Crippen molar-refractivity contribution >= 4 is 21.1 Å². The maximum absolute atomic E-state index is 12.5. The molecule has 1 aliphatic rings. The average Bonchev–Trinajstić information content (AvgIpc) is 3.25. The zero-order valence-electron chi connectivity index (χ0n) is 14.0. The van der Waals surface area contributed by atoms with E-state index in [2.05, 4.69) is 14.3 Å². The van der Waals surface area contributed by atoms with Crippen LogP contribution in [0.15, 0.2) is 53.7 Å². The van der Waals surface area contributed by atoms with E-state index in [1.807, 2.05) is 36.4 Å². The molecule has 0 aliphatic heterocycles. The summed E-state index contributed by atoms with van der Waals surface area (Å²) >= 11 is 0. The van der Waals surface area contributed by atoms with E-state index >= 15 is 0 Å². The number of fused-ring (bicyclic) bond motifs is 2. The van der Waals surface area contributed by atoms with Crippen molar-refractivity contribution in [1.82, 2.24) is 14.3 Å². The van der Waals surface area contributed by atoms with E-state index in [-0.39, 0.29) is 0 Å². The molecule has 3 aromatic rings. The van der Waals surface area contributed by atoms with Crippen molar-refractivity contribution in [1.29, 1.82) is 0 Å². The van der Waals surface area contributed by atoms with Gasteiger partial charge in [0.25, 0.3) is 0 Å². The minimum absolute atomic E-state index is 0.376. The number of aromatic nitrogens is 2. The summed E-state index contributed by atoms with van der Waals surface area (Å²) in [6.45, 7) is 1.14. The molecule has 1 heterocycles. The van der Waals surface area contributed by atoms with E-state index in [9.17, 15) is 8.42 Å². The van der Waals surface area contributed by atoms with Gasteiger partial charge in [0, 0.05) is 13.1 Å². The van der Waals surface area contributed by atoms with Crippen LogP contribution in [0.2, 0.25) is 0 Å². The Morgan fingerprint density at radius 3 is 2.84 bits per heavy atom. The Balaban J connectivity index is 1.37. The molecule has 25 heavy (non-hydrogen) atoms. The summed E-state index contributed by atoms with van der Waals surface area (Å²) < 4.78 is 29.7. The Bertz CT molecular complexity index is 1010. The average molecular weight is 355 g/mol. The number of imidazole rings is 1. The molecule has 0 bridgehead atoms. The smallest absolute Gasteiger partial charge is 0.240 e. The molecule has 0 saturated heterocycles. The van der Waals surface area contributed by atoms with Crippen molar-refractivity contribution in [3.8, 4) is 0 Å². The lowest BCUT2D eigenvalue weighted by Crippen LogP contribution is -2.25. The summed E-state index contributed by atoms with van der Waals surface area (Å²) in [4.78, 5) is 4.73. The molecule has 6 heteroatoms. The Morgan fingerprint density at radius 2 is 1.92 bits per heavy atom. The molecular weight excluding hydrogens is 334 g/mol. The first-order valence-electron chi connectivity index (χ1n) is 8.65. The van der Waals surface area contributed by atoms with Crippen LogP contribution in [0.1, 0.15) is 24.0 Å². The Kier molecular flexibility index (Phi) is 4.31. The monoisotopic (exact) mass is 355 g/mol. The highest BCUT2D eigenvalue weighted by atomic mass is 32.2. The van der Waals surface area contributed by atoms with Crippen LogP contribution in [0, 0.1) is 0 Å². The lowest BCUT2D eigenvalue weighted by Gasteiger charge is -2.09.